The van der Waals surface area contributed by atoms with Gasteiger partial charge < -0.3 is 15.0 Å². The average Bonchev–Trinajstić information content (AvgIpc) is 2.46. The van der Waals surface area contributed by atoms with E-state index in [9.17, 15) is 4.79 Å². The van der Waals surface area contributed by atoms with Crippen molar-refractivity contribution >= 4 is 5.91 Å². The molecule has 2 heterocycles. The Labute approximate surface area is 110 Å². The number of hydrogen-bond acceptors (Lipinski definition) is 3. The molecule has 4 heteroatoms. The number of likely N-dealkylation sites (tertiary alicyclic amines) is 1. The summed E-state index contributed by atoms with van der Waals surface area (Å²) in [5.74, 6) is 1.05. The smallest absolute Gasteiger partial charge is 0.222 e. The van der Waals surface area contributed by atoms with Gasteiger partial charge in [-0.05, 0) is 45.1 Å². The van der Waals surface area contributed by atoms with Crippen LogP contribution < -0.4 is 5.32 Å². The number of likely N-dealkylation sites (N-methyl/N-ethyl adjacent to an activating group) is 1. The van der Waals surface area contributed by atoms with Crippen molar-refractivity contribution in [2.75, 3.05) is 33.4 Å². The van der Waals surface area contributed by atoms with Gasteiger partial charge in [0.2, 0.25) is 5.91 Å². The molecule has 0 aromatic rings. The maximum Gasteiger partial charge on any atom is 0.222 e. The van der Waals surface area contributed by atoms with Gasteiger partial charge in [0.15, 0.2) is 0 Å². The lowest BCUT2D eigenvalue weighted by Crippen LogP contribution is -2.47. The zero-order valence-electron chi connectivity index (χ0n) is 11.5. The van der Waals surface area contributed by atoms with Gasteiger partial charge in [0.05, 0.1) is 0 Å². The molecule has 2 rings (SSSR count). The van der Waals surface area contributed by atoms with E-state index in [1.165, 1.54) is 6.42 Å². The first-order valence-corrected chi connectivity index (χ1v) is 7.32. The molecule has 0 aliphatic carbocycles. The summed E-state index contributed by atoms with van der Waals surface area (Å²) in [4.78, 5) is 14.2. The number of nitrogens with one attached hydrogen (secondary N) is 1. The first kappa shape index (κ1) is 13.8. The van der Waals surface area contributed by atoms with Crippen LogP contribution in [0.5, 0.6) is 0 Å². The van der Waals surface area contributed by atoms with E-state index in [0.29, 0.717) is 17.9 Å². The quantitative estimate of drug-likeness (QED) is 0.824. The van der Waals surface area contributed by atoms with Crippen molar-refractivity contribution in [3.63, 3.8) is 0 Å². The molecule has 18 heavy (non-hydrogen) atoms. The van der Waals surface area contributed by atoms with Crippen LogP contribution in [0.15, 0.2) is 0 Å². The van der Waals surface area contributed by atoms with E-state index in [2.05, 4.69) is 5.32 Å². The standard InChI is InChI=1S/C14H26N2O2/c1-15-13-3-2-8-16(11-13)14(17)5-4-12-6-9-18-10-7-12/h12-13,15H,2-11H2,1H3. The lowest BCUT2D eigenvalue weighted by Gasteiger charge is -2.33. The molecule has 104 valence electrons. The molecule has 0 spiro atoms. The largest absolute Gasteiger partial charge is 0.381 e. The number of nitrogens with zero attached hydrogens (tertiary/aromatic N) is 1. The highest BCUT2D eigenvalue weighted by molar-refractivity contribution is 5.76. The van der Waals surface area contributed by atoms with E-state index in [0.717, 1.165) is 58.4 Å². The van der Waals surface area contributed by atoms with E-state index < -0.39 is 0 Å². The lowest BCUT2D eigenvalue weighted by molar-refractivity contribution is -0.133. The molecule has 1 unspecified atom stereocenters. The summed E-state index contributed by atoms with van der Waals surface area (Å²) in [5, 5.41) is 3.28. The number of carbonyl (C=O) groups excluding carboxylic acids is 1. The predicted octanol–water partition coefficient (Wildman–Crippen LogP) is 1.40. The van der Waals surface area contributed by atoms with Crippen LogP contribution in [0.2, 0.25) is 0 Å². The van der Waals surface area contributed by atoms with Crippen LogP contribution in [-0.4, -0.2) is 50.2 Å². The van der Waals surface area contributed by atoms with Crippen molar-refractivity contribution in [2.45, 2.75) is 44.6 Å². The normalized spacial score (nSPS) is 26.3. The molecule has 1 atom stereocenters. The van der Waals surface area contributed by atoms with Gasteiger partial charge in [-0.25, -0.2) is 0 Å². The Morgan fingerprint density at radius 2 is 2.11 bits per heavy atom. The fourth-order valence-electron chi connectivity index (χ4n) is 2.96. The maximum atomic E-state index is 12.2. The van der Waals surface area contributed by atoms with Gasteiger partial charge >= 0.3 is 0 Å². The molecular formula is C14H26N2O2. The van der Waals surface area contributed by atoms with E-state index in [1.54, 1.807) is 0 Å². The van der Waals surface area contributed by atoms with Crippen LogP contribution in [0.4, 0.5) is 0 Å². The minimum atomic E-state index is 0.349. The second kappa shape index (κ2) is 7.10. The van der Waals surface area contributed by atoms with Crippen LogP contribution in [0.3, 0.4) is 0 Å². The lowest BCUT2D eigenvalue weighted by atomic mass is 9.94. The van der Waals surface area contributed by atoms with Gasteiger partial charge in [-0.1, -0.05) is 0 Å². The van der Waals surface area contributed by atoms with Gasteiger partial charge in [-0.3, -0.25) is 4.79 Å². The number of carbonyl (C=O) groups is 1. The second-order valence-electron chi connectivity index (χ2n) is 5.56. The Hall–Kier alpha value is -0.610. The van der Waals surface area contributed by atoms with Crippen LogP contribution in [0, 0.1) is 5.92 Å². The molecule has 2 fully saturated rings. The molecular weight excluding hydrogens is 228 g/mol. The molecule has 0 aromatic heterocycles. The molecule has 0 aromatic carbocycles. The number of rotatable bonds is 4. The van der Waals surface area contributed by atoms with Crippen LogP contribution >= 0.6 is 0 Å². The monoisotopic (exact) mass is 254 g/mol. The summed E-state index contributed by atoms with van der Waals surface area (Å²) in [6.45, 7) is 3.60. The SMILES string of the molecule is CNC1CCCN(C(=O)CCC2CCOCC2)C1. The topological polar surface area (TPSA) is 41.6 Å². The second-order valence-corrected chi connectivity index (χ2v) is 5.56. The van der Waals surface area contributed by atoms with Crippen molar-refractivity contribution in [1.29, 1.82) is 0 Å². The molecule has 2 saturated heterocycles. The molecule has 0 radical (unpaired) electrons. The summed E-state index contributed by atoms with van der Waals surface area (Å²) in [5.41, 5.74) is 0. The first-order valence-electron chi connectivity index (χ1n) is 7.32. The molecule has 1 N–H and O–H groups in total. The van der Waals surface area contributed by atoms with Crippen molar-refractivity contribution in [3.05, 3.63) is 0 Å². The minimum absolute atomic E-state index is 0.349. The summed E-state index contributed by atoms with van der Waals surface area (Å²) in [7, 11) is 1.99. The van der Waals surface area contributed by atoms with Gasteiger partial charge in [0.25, 0.3) is 0 Å². The maximum absolute atomic E-state index is 12.2. The third kappa shape index (κ3) is 3.95. The first-order chi connectivity index (χ1) is 8.79. The molecule has 2 aliphatic heterocycles. The third-order valence-electron chi connectivity index (χ3n) is 4.29. The van der Waals surface area contributed by atoms with Crippen molar-refractivity contribution < 1.29 is 9.53 Å². The highest BCUT2D eigenvalue weighted by atomic mass is 16.5. The molecule has 2 aliphatic rings. The number of ether oxygens (including phenoxy) is 1. The number of amides is 1. The Kier molecular flexibility index (Phi) is 5.45. The van der Waals surface area contributed by atoms with E-state index >= 15 is 0 Å². The van der Waals surface area contributed by atoms with Crippen LogP contribution in [0.25, 0.3) is 0 Å². The van der Waals surface area contributed by atoms with Crippen molar-refractivity contribution in [3.8, 4) is 0 Å². The molecule has 0 bridgehead atoms. The fraction of sp³-hybridized carbons (Fsp3) is 0.929. The fourth-order valence-corrected chi connectivity index (χ4v) is 2.96. The summed E-state index contributed by atoms with van der Waals surface area (Å²) >= 11 is 0. The number of piperidine rings is 1. The highest BCUT2D eigenvalue weighted by Crippen LogP contribution is 2.21. The summed E-state index contributed by atoms with van der Waals surface area (Å²) in [6.07, 6.45) is 6.36. The minimum Gasteiger partial charge on any atom is -0.381 e. The Bertz CT molecular complexity index is 265. The van der Waals surface area contributed by atoms with E-state index in [1.807, 2.05) is 11.9 Å². The zero-order chi connectivity index (χ0) is 12.8. The van der Waals surface area contributed by atoms with Gasteiger partial charge in [-0.2, -0.15) is 0 Å². The highest BCUT2D eigenvalue weighted by Gasteiger charge is 2.23. The van der Waals surface area contributed by atoms with Crippen molar-refractivity contribution in [2.24, 2.45) is 5.92 Å². The molecule has 4 nitrogen and oxygen atoms in total. The Morgan fingerprint density at radius 1 is 1.33 bits per heavy atom. The van der Waals surface area contributed by atoms with Crippen LogP contribution in [0.1, 0.15) is 38.5 Å². The van der Waals surface area contributed by atoms with E-state index in [-0.39, 0.29) is 0 Å². The van der Waals surface area contributed by atoms with E-state index in [4.69, 9.17) is 4.74 Å². The molecule has 1 amide bonds. The zero-order valence-corrected chi connectivity index (χ0v) is 11.5. The average molecular weight is 254 g/mol. The summed E-state index contributed by atoms with van der Waals surface area (Å²) in [6, 6.07) is 0.491. The van der Waals surface area contributed by atoms with Gasteiger partial charge in [-0.15, -0.1) is 0 Å². The van der Waals surface area contributed by atoms with Crippen molar-refractivity contribution in [1.82, 2.24) is 10.2 Å². The Morgan fingerprint density at radius 3 is 2.83 bits per heavy atom. The van der Waals surface area contributed by atoms with Crippen LogP contribution in [-0.2, 0) is 9.53 Å². The van der Waals surface area contributed by atoms with Gasteiger partial charge in [0.1, 0.15) is 0 Å². The van der Waals surface area contributed by atoms with Gasteiger partial charge in [0, 0.05) is 38.8 Å². The third-order valence-corrected chi connectivity index (χ3v) is 4.29. The predicted molar refractivity (Wildman–Crippen MR) is 71.4 cm³/mol. The molecule has 0 saturated carbocycles. The summed E-state index contributed by atoms with van der Waals surface area (Å²) < 4.78 is 5.35. The Balaban J connectivity index is 1.70. The number of hydrogen-bond donors (Lipinski definition) is 1.